The molecule has 0 atom stereocenters. The summed E-state index contributed by atoms with van der Waals surface area (Å²) in [6, 6.07) is 3.47. The Balaban J connectivity index is 2.61. The molecule has 2 rings (SSSR count). The molecule has 1 aromatic heterocycles. The van der Waals surface area contributed by atoms with Crippen LogP contribution in [0.2, 0.25) is 5.02 Å². The van der Waals surface area contributed by atoms with Crippen molar-refractivity contribution in [2.75, 3.05) is 0 Å². The van der Waals surface area contributed by atoms with Crippen LogP contribution in [0.25, 0.3) is 11.5 Å². The van der Waals surface area contributed by atoms with Gasteiger partial charge in [-0.3, -0.25) is 0 Å². The van der Waals surface area contributed by atoms with Crippen LogP contribution in [0.15, 0.2) is 28.8 Å². The molecule has 0 N–H and O–H groups in total. The van der Waals surface area contributed by atoms with Crippen molar-refractivity contribution >= 4 is 11.6 Å². The molecule has 2 nitrogen and oxygen atoms in total. The van der Waals surface area contributed by atoms with Gasteiger partial charge in [-0.05, 0) is 25.1 Å². The topological polar surface area (TPSA) is 26.0 Å². The number of benzene rings is 1. The quantitative estimate of drug-likeness (QED) is 0.764. The maximum Gasteiger partial charge on any atom is 0.417 e. The van der Waals surface area contributed by atoms with E-state index in [0.717, 1.165) is 6.07 Å². The predicted octanol–water partition coefficient (Wildman–Crippen LogP) is 4.32. The number of hydrogen-bond acceptors (Lipinski definition) is 2. The van der Waals surface area contributed by atoms with Crippen molar-refractivity contribution in [2.45, 2.75) is 13.1 Å². The Morgan fingerprint density at radius 2 is 2.00 bits per heavy atom. The molecule has 1 aromatic carbocycles. The Labute approximate surface area is 100 Å². The molecule has 0 amide bonds. The molecule has 90 valence electrons. The molecule has 0 spiro atoms. The molecular weight excluding hydrogens is 255 g/mol. The summed E-state index contributed by atoms with van der Waals surface area (Å²) < 4.78 is 43.5. The number of oxazole rings is 1. The number of aromatic nitrogens is 1. The van der Waals surface area contributed by atoms with E-state index in [9.17, 15) is 13.2 Å². The number of hydrogen-bond donors (Lipinski definition) is 0. The van der Waals surface area contributed by atoms with Crippen LogP contribution >= 0.6 is 11.6 Å². The van der Waals surface area contributed by atoms with E-state index < -0.39 is 11.7 Å². The summed E-state index contributed by atoms with van der Waals surface area (Å²) >= 11 is 5.56. The van der Waals surface area contributed by atoms with Gasteiger partial charge in [-0.15, -0.1) is 0 Å². The average molecular weight is 262 g/mol. The third-order valence-corrected chi connectivity index (χ3v) is 2.37. The van der Waals surface area contributed by atoms with Gasteiger partial charge in [-0.2, -0.15) is 13.2 Å². The maximum absolute atomic E-state index is 12.8. The van der Waals surface area contributed by atoms with Crippen molar-refractivity contribution in [1.82, 2.24) is 4.98 Å². The van der Waals surface area contributed by atoms with E-state index in [2.05, 4.69) is 4.98 Å². The molecule has 0 saturated carbocycles. The van der Waals surface area contributed by atoms with E-state index in [1.165, 1.54) is 18.3 Å². The number of aryl methyl sites for hydroxylation is 1. The van der Waals surface area contributed by atoms with Gasteiger partial charge < -0.3 is 4.42 Å². The van der Waals surface area contributed by atoms with Gasteiger partial charge in [0.05, 0.1) is 11.8 Å². The van der Waals surface area contributed by atoms with Gasteiger partial charge in [-0.1, -0.05) is 11.6 Å². The summed E-state index contributed by atoms with van der Waals surface area (Å²) in [7, 11) is 0. The van der Waals surface area contributed by atoms with Crippen LogP contribution in [0, 0.1) is 6.92 Å². The minimum atomic E-state index is -4.50. The Bertz CT molecular complexity index is 548. The second-order valence-electron chi connectivity index (χ2n) is 3.46. The van der Waals surface area contributed by atoms with Crippen molar-refractivity contribution in [3.63, 3.8) is 0 Å². The predicted molar refractivity (Wildman–Crippen MR) is 56.7 cm³/mol. The van der Waals surface area contributed by atoms with Crippen LogP contribution in [-0.4, -0.2) is 4.98 Å². The van der Waals surface area contributed by atoms with Crippen molar-refractivity contribution in [3.05, 3.63) is 40.7 Å². The molecule has 6 heteroatoms. The molecule has 0 fully saturated rings. The largest absolute Gasteiger partial charge is 0.441 e. The van der Waals surface area contributed by atoms with Gasteiger partial charge in [0.1, 0.15) is 5.76 Å². The summed E-state index contributed by atoms with van der Waals surface area (Å²) in [6.45, 7) is 1.61. The van der Waals surface area contributed by atoms with Crippen LogP contribution in [0.3, 0.4) is 0 Å². The highest BCUT2D eigenvalue weighted by Crippen LogP contribution is 2.38. The fourth-order valence-electron chi connectivity index (χ4n) is 1.42. The Morgan fingerprint density at radius 3 is 2.53 bits per heavy atom. The average Bonchev–Trinajstić information content (AvgIpc) is 2.63. The minimum Gasteiger partial charge on any atom is -0.441 e. The van der Waals surface area contributed by atoms with E-state index in [1.54, 1.807) is 6.92 Å². The second-order valence-corrected chi connectivity index (χ2v) is 3.90. The molecule has 17 heavy (non-hydrogen) atoms. The summed E-state index contributed by atoms with van der Waals surface area (Å²) in [5.74, 6) is 0.384. The number of nitrogens with zero attached hydrogens (tertiary/aromatic N) is 1. The van der Waals surface area contributed by atoms with E-state index in [0.29, 0.717) is 5.76 Å². The molecule has 0 aliphatic rings. The summed E-state index contributed by atoms with van der Waals surface area (Å²) in [5.41, 5.74) is -0.971. The summed E-state index contributed by atoms with van der Waals surface area (Å²) in [4.78, 5) is 3.78. The number of halogens is 4. The lowest BCUT2D eigenvalue weighted by molar-refractivity contribution is -0.137. The molecule has 0 saturated heterocycles. The van der Waals surface area contributed by atoms with E-state index in [4.69, 9.17) is 16.0 Å². The van der Waals surface area contributed by atoms with Crippen molar-refractivity contribution in [2.24, 2.45) is 0 Å². The highest BCUT2D eigenvalue weighted by atomic mass is 35.5. The minimum absolute atomic E-state index is 0.0179. The number of alkyl halides is 3. The van der Waals surface area contributed by atoms with E-state index in [-0.39, 0.29) is 16.5 Å². The monoisotopic (exact) mass is 261 g/mol. The zero-order valence-electron chi connectivity index (χ0n) is 8.68. The van der Waals surface area contributed by atoms with Crippen molar-refractivity contribution in [1.29, 1.82) is 0 Å². The highest BCUT2D eigenvalue weighted by molar-refractivity contribution is 6.30. The van der Waals surface area contributed by atoms with Crippen LogP contribution < -0.4 is 0 Å². The molecule has 0 unspecified atom stereocenters. The lowest BCUT2D eigenvalue weighted by atomic mass is 10.1. The van der Waals surface area contributed by atoms with Gasteiger partial charge in [0.15, 0.2) is 0 Å². The fraction of sp³-hybridized carbons (Fsp3) is 0.182. The first-order chi connectivity index (χ1) is 7.88. The molecule has 2 aromatic rings. The zero-order chi connectivity index (χ0) is 12.6. The van der Waals surface area contributed by atoms with Crippen LogP contribution in [0.1, 0.15) is 11.3 Å². The molecule has 1 heterocycles. The van der Waals surface area contributed by atoms with Gasteiger partial charge in [0.25, 0.3) is 0 Å². The van der Waals surface area contributed by atoms with Gasteiger partial charge >= 0.3 is 6.18 Å². The van der Waals surface area contributed by atoms with E-state index in [1.807, 2.05) is 0 Å². The van der Waals surface area contributed by atoms with Crippen molar-refractivity contribution < 1.29 is 17.6 Å². The first-order valence-corrected chi connectivity index (χ1v) is 5.05. The molecule has 0 aliphatic heterocycles. The van der Waals surface area contributed by atoms with Crippen LogP contribution in [0.5, 0.6) is 0 Å². The molecular formula is C11H7ClF3NO. The standard InChI is InChI=1S/C11H7ClF3NO/c1-6-5-16-10(17-6)8-3-2-7(12)4-9(8)11(13,14)15/h2-5H,1H3. The summed E-state index contributed by atoms with van der Waals surface area (Å²) in [5, 5.41) is 0.0179. The SMILES string of the molecule is Cc1cnc(-c2ccc(Cl)cc2C(F)(F)F)o1. The lowest BCUT2D eigenvalue weighted by Gasteiger charge is -2.10. The van der Waals surface area contributed by atoms with Gasteiger partial charge in [0.2, 0.25) is 5.89 Å². The van der Waals surface area contributed by atoms with Gasteiger partial charge in [0, 0.05) is 10.6 Å². The Morgan fingerprint density at radius 1 is 1.29 bits per heavy atom. The van der Waals surface area contributed by atoms with Crippen molar-refractivity contribution in [3.8, 4) is 11.5 Å². The molecule has 0 bridgehead atoms. The molecule has 0 aliphatic carbocycles. The lowest BCUT2D eigenvalue weighted by Crippen LogP contribution is -2.07. The number of rotatable bonds is 1. The maximum atomic E-state index is 12.8. The molecule has 0 radical (unpaired) electrons. The Hall–Kier alpha value is -1.49. The van der Waals surface area contributed by atoms with Gasteiger partial charge in [-0.25, -0.2) is 4.98 Å². The first kappa shape index (κ1) is 12.0. The first-order valence-electron chi connectivity index (χ1n) is 4.67. The normalized spacial score (nSPS) is 11.8. The van der Waals surface area contributed by atoms with Crippen LogP contribution in [0.4, 0.5) is 13.2 Å². The zero-order valence-corrected chi connectivity index (χ0v) is 9.43. The second kappa shape index (κ2) is 4.07. The Kier molecular flexibility index (Phi) is 2.87. The fourth-order valence-corrected chi connectivity index (χ4v) is 1.59. The highest BCUT2D eigenvalue weighted by Gasteiger charge is 2.35. The smallest absolute Gasteiger partial charge is 0.417 e. The third kappa shape index (κ3) is 2.44. The van der Waals surface area contributed by atoms with Crippen LogP contribution in [-0.2, 0) is 6.18 Å². The summed E-state index contributed by atoms with van der Waals surface area (Å²) in [6.07, 6.45) is -3.13. The third-order valence-electron chi connectivity index (χ3n) is 2.14. The van der Waals surface area contributed by atoms with E-state index >= 15 is 0 Å².